The van der Waals surface area contributed by atoms with Crippen LogP contribution in [-0.4, -0.2) is 36.9 Å². The lowest BCUT2D eigenvalue weighted by molar-refractivity contribution is -0.120. The van der Waals surface area contributed by atoms with Gasteiger partial charge in [0.1, 0.15) is 0 Å². The van der Waals surface area contributed by atoms with Crippen LogP contribution in [0.25, 0.3) is 11.4 Å². The maximum Gasteiger partial charge on any atom is 0.233 e. The van der Waals surface area contributed by atoms with Crippen molar-refractivity contribution in [3.8, 4) is 11.4 Å². The lowest BCUT2D eigenvalue weighted by atomic mass is 10.2. The van der Waals surface area contributed by atoms with Gasteiger partial charge in [0.05, 0.1) is 5.25 Å². The maximum absolute atomic E-state index is 12.4. The normalized spacial score (nSPS) is 15.9. The summed E-state index contributed by atoms with van der Waals surface area (Å²) in [6.07, 6.45) is 9.86. The molecule has 2 heterocycles. The van der Waals surface area contributed by atoms with Crippen LogP contribution < -0.4 is 5.32 Å². The molecule has 1 aliphatic carbocycles. The van der Waals surface area contributed by atoms with E-state index in [1.807, 2.05) is 23.6 Å². The minimum absolute atomic E-state index is 0.0629. The Balaban J connectivity index is 1.74. The monoisotopic (exact) mass is 357 g/mol. The molecule has 7 heteroatoms. The highest BCUT2D eigenvalue weighted by molar-refractivity contribution is 8.00. The minimum Gasteiger partial charge on any atom is -0.352 e. The Bertz CT molecular complexity index is 724. The molecular weight excluding hydrogens is 334 g/mol. The second-order valence-corrected chi connectivity index (χ2v) is 7.51. The van der Waals surface area contributed by atoms with E-state index in [0.717, 1.165) is 24.2 Å². The average Bonchev–Trinajstić information content (AvgIpc) is 3.26. The average molecular weight is 357 g/mol. The summed E-state index contributed by atoms with van der Waals surface area (Å²) in [4.78, 5) is 16.6. The van der Waals surface area contributed by atoms with Crippen molar-refractivity contribution in [2.45, 2.75) is 55.6 Å². The number of thioether (sulfide) groups is 1. The van der Waals surface area contributed by atoms with Crippen molar-refractivity contribution in [3.63, 3.8) is 0 Å². The van der Waals surface area contributed by atoms with Crippen molar-refractivity contribution in [1.82, 2.24) is 25.1 Å². The summed E-state index contributed by atoms with van der Waals surface area (Å²) < 4.78 is 1.97. The van der Waals surface area contributed by atoms with Crippen LogP contribution in [-0.2, 0) is 11.3 Å². The molecule has 1 saturated carbocycles. The van der Waals surface area contributed by atoms with Crippen molar-refractivity contribution in [2.75, 3.05) is 0 Å². The zero-order valence-electron chi connectivity index (χ0n) is 14.4. The Morgan fingerprint density at radius 1 is 1.48 bits per heavy atom. The van der Waals surface area contributed by atoms with Crippen LogP contribution in [0.5, 0.6) is 0 Å². The van der Waals surface area contributed by atoms with Gasteiger partial charge in [-0.15, -0.1) is 16.8 Å². The number of hydrogen-bond acceptors (Lipinski definition) is 5. The molecule has 1 fully saturated rings. The molecule has 1 N–H and O–H groups in total. The number of nitrogens with one attached hydrogen (secondary N) is 1. The lowest BCUT2D eigenvalue weighted by Crippen LogP contribution is -2.37. The van der Waals surface area contributed by atoms with Gasteiger partial charge < -0.3 is 5.32 Å². The van der Waals surface area contributed by atoms with E-state index < -0.39 is 0 Å². The number of aromatic nitrogens is 4. The van der Waals surface area contributed by atoms with E-state index in [1.54, 1.807) is 18.5 Å². The molecule has 1 unspecified atom stereocenters. The van der Waals surface area contributed by atoms with Gasteiger partial charge in [0.2, 0.25) is 5.91 Å². The molecule has 6 nitrogen and oxygen atoms in total. The van der Waals surface area contributed by atoms with Crippen LogP contribution in [0.1, 0.15) is 32.6 Å². The van der Waals surface area contributed by atoms with Crippen LogP contribution in [0.4, 0.5) is 0 Å². The molecule has 2 aromatic rings. The van der Waals surface area contributed by atoms with Gasteiger partial charge in [0, 0.05) is 30.5 Å². The van der Waals surface area contributed by atoms with Gasteiger partial charge in [-0.05, 0) is 31.9 Å². The van der Waals surface area contributed by atoms with Crippen LogP contribution in [0.3, 0.4) is 0 Å². The van der Waals surface area contributed by atoms with Crippen LogP contribution in [0, 0.1) is 0 Å². The number of rotatable bonds is 7. The summed E-state index contributed by atoms with van der Waals surface area (Å²) in [7, 11) is 0. The third-order valence-corrected chi connectivity index (χ3v) is 5.38. The van der Waals surface area contributed by atoms with E-state index in [-0.39, 0.29) is 11.2 Å². The van der Waals surface area contributed by atoms with Crippen LogP contribution in [0.15, 0.2) is 42.3 Å². The first-order chi connectivity index (χ1) is 12.2. The molecule has 0 radical (unpaired) electrons. The molecule has 0 saturated heterocycles. The van der Waals surface area contributed by atoms with Crippen molar-refractivity contribution in [2.24, 2.45) is 0 Å². The predicted octanol–water partition coefficient (Wildman–Crippen LogP) is 3.07. The highest BCUT2D eigenvalue weighted by Gasteiger charge is 2.23. The molecule has 3 rings (SSSR count). The molecule has 25 heavy (non-hydrogen) atoms. The fourth-order valence-corrected chi connectivity index (χ4v) is 3.85. The smallest absolute Gasteiger partial charge is 0.233 e. The fraction of sp³-hybridized carbons (Fsp3) is 0.444. The standard InChI is InChI=1S/C18H23N5OS/c1-3-11-23-16(14-7-6-10-19-12-14)21-22-18(23)25-13(2)17(24)20-15-8-4-5-9-15/h3,6-7,10,12-13,15H,1,4-5,8-9,11H2,2H3,(H,20,24). The second kappa shape index (κ2) is 8.29. The minimum atomic E-state index is -0.227. The van der Waals surface area contributed by atoms with E-state index in [9.17, 15) is 4.79 Å². The van der Waals surface area contributed by atoms with Crippen molar-refractivity contribution in [3.05, 3.63) is 37.2 Å². The number of amides is 1. The zero-order valence-corrected chi connectivity index (χ0v) is 15.2. The maximum atomic E-state index is 12.4. The Morgan fingerprint density at radius 3 is 2.96 bits per heavy atom. The number of hydrogen-bond donors (Lipinski definition) is 1. The van der Waals surface area contributed by atoms with Crippen LogP contribution >= 0.6 is 11.8 Å². The van der Waals surface area contributed by atoms with E-state index in [4.69, 9.17) is 0 Å². The molecule has 132 valence electrons. The number of pyridine rings is 1. The van der Waals surface area contributed by atoms with Crippen molar-refractivity contribution < 1.29 is 4.79 Å². The van der Waals surface area contributed by atoms with Crippen molar-refractivity contribution in [1.29, 1.82) is 0 Å². The molecular formula is C18H23N5OS. The summed E-state index contributed by atoms with van der Waals surface area (Å²) in [5.74, 6) is 0.798. The van der Waals surface area contributed by atoms with E-state index >= 15 is 0 Å². The summed E-state index contributed by atoms with van der Waals surface area (Å²) in [5, 5.41) is 12.2. The summed E-state index contributed by atoms with van der Waals surface area (Å²) in [6, 6.07) is 4.14. The highest BCUT2D eigenvalue weighted by atomic mass is 32.2. The topological polar surface area (TPSA) is 72.7 Å². The largest absolute Gasteiger partial charge is 0.352 e. The van der Waals surface area contributed by atoms with Gasteiger partial charge in [-0.1, -0.05) is 30.7 Å². The first kappa shape index (κ1) is 17.7. The predicted molar refractivity (Wildman–Crippen MR) is 99.2 cm³/mol. The summed E-state index contributed by atoms with van der Waals surface area (Å²) >= 11 is 1.43. The zero-order chi connectivity index (χ0) is 17.6. The Labute approximate surface area is 152 Å². The van der Waals surface area contributed by atoms with Gasteiger partial charge in [-0.3, -0.25) is 14.3 Å². The summed E-state index contributed by atoms with van der Waals surface area (Å²) in [5.41, 5.74) is 0.895. The Morgan fingerprint density at radius 2 is 2.28 bits per heavy atom. The molecule has 0 spiro atoms. The number of carbonyl (C=O) groups excluding carboxylic acids is 1. The molecule has 1 atom stereocenters. The van der Waals surface area contributed by atoms with Gasteiger partial charge in [-0.25, -0.2) is 0 Å². The quantitative estimate of drug-likeness (QED) is 0.609. The summed E-state index contributed by atoms with van der Waals surface area (Å²) in [6.45, 7) is 6.30. The van der Waals surface area contributed by atoms with Crippen molar-refractivity contribution >= 4 is 17.7 Å². The molecule has 2 aromatic heterocycles. The van der Waals surface area contributed by atoms with Gasteiger partial charge in [0.15, 0.2) is 11.0 Å². The second-order valence-electron chi connectivity index (χ2n) is 6.20. The SMILES string of the molecule is C=CCn1c(SC(C)C(=O)NC2CCCC2)nnc1-c1cccnc1. The van der Waals surface area contributed by atoms with E-state index in [0.29, 0.717) is 17.7 Å². The molecule has 0 aromatic carbocycles. The number of allylic oxidation sites excluding steroid dienone is 1. The Hall–Kier alpha value is -2.15. The lowest BCUT2D eigenvalue weighted by Gasteiger charge is -2.16. The molecule has 0 aliphatic heterocycles. The number of carbonyl (C=O) groups is 1. The molecule has 0 bridgehead atoms. The number of nitrogens with zero attached hydrogens (tertiary/aromatic N) is 4. The fourth-order valence-electron chi connectivity index (χ4n) is 2.98. The third kappa shape index (κ3) is 4.28. The molecule has 1 aliphatic rings. The first-order valence-corrected chi connectivity index (χ1v) is 9.48. The van der Waals surface area contributed by atoms with Gasteiger partial charge in [-0.2, -0.15) is 0 Å². The highest BCUT2D eigenvalue weighted by Crippen LogP contribution is 2.27. The Kier molecular flexibility index (Phi) is 5.86. The third-order valence-electron chi connectivity index (χ3n) is 4.30. The van der Waals surface area contributed by atoms with Gasteiger partial charge >= 0.3 is 0 Å². The van der Waals surface area contributed by atoms with Crippen LogP contribution in [0.2, 0.25) is 0 Å². The first-order valence-electron chi connectivity index (χ1n) is 8.60. The molecule has 1 amide bonds. The van der Waals surface area contributed by atoms with E-state index in [2.05, 4.69) is 27.1 Å². The van der Waals surface area contributed by atoms with Gasteiger partial charge in [0.25, 0.3) is 0 Å². The van der Waals surface area contributed by atoms with E-state index in [1.165, 1.54) is 24.6 Å².